The topological polar surface area (TPSA) is 52.3 Å². The van der Waals surface area contributed by atoms with Crippen LogP contribution >= 0.6 is 11.8 Å². The number of thioether (sulfide) groups is 1. The molecule has 0 aromatic carbocycles. The number of hydrogen-bond acceptors (Lipinski definition) is 4. The van der Waals surface area contributed by atoms with Gasteiger partial charge in [-0.15, -0.1) is 0 Å². The quantitative estimate of drug-likeness (QED) is 0.723. The van der Waals surface area contributed by atoms with Crippen molar-refractivity contribution >= 4 is 17.7 Å². The highest BCUT2D eigenvalue weighted by Crippen LogP contribution is 2.46. The van der Waals surface area contributed by atoms with Crippen LogP contribution in [0.2, 0.25) is 0 Å². The predicted octanol–water partition coefficient (Wildman–Crippen LogP) is 1.27. The summed E-state index contributed by atoms with van der Waals surface area (Å²) in [7, 11) is 1.43. The smallest absolute Gasteiger partial charge is 0.310 e. The van der Waals surface area contributed by atoms with Crippen LogP contribution in [0.25, 0.3) is 0 Å². The van der Waals surface area contributed by atoms with E-state index in [0.717, 1.165) is 12.2 Å². The zero-order valence-electron chi connectivity index (χ0n) is 9.08. The molecule has 3 nitrogen and oxygen atoms in total. The van der Waals surface area contributed by atoms with Crippen LogP contribution in [0.1, 0.15) is 20.3 Å². The first-order valence-corrected chi connectivity index (χ1v) is 5.93. The van der Waals surface area contributed by atoms with E-state index in [1.807, 2.05) is 11.8 Å². The van der Waals surface area contributed by atoms with Gasteiger partial charge in [-0.25, -0.2) is 0 Å². The summed E-state index contributed by atoms with van der Waals surface area (Å²) in [4.78, 5) is 11.5. The summed E-state index contributed by atoms with van der Waals surface area (Å²) < 4.78 is 4.93. The Morgan fingerprint density at radius 1 is 1.71 bits per heavy atom. The SMILES string of the molecule is COC(=O)C(CN)C1CCSC1(C)C. The van der Waals surface area contributed by atoms with Gasteiger partial charge < -0.3 is 10.5 Å². The minimum absolute atomic E-state index is 0.134. The van der Waals surface area contributed by atoms with Crippen molar-refractivity contribution in [1.82, 2.24) is 0 Å². The first-order valence-electron chi connectivity index (χ1n) is 4.94. The summed E-state index contributed by atoms with van der Waals surface area (Å²) in [5, 5.41) is 0. The standard InChI is InChI=1S/C10H19NO2S/c1-10(2)8(4-5-14-10)7(6-11)9(12)13-3/h7-8H,4-6,11H2,1-3H3. The van der Waals surface area contributed by atoms with Crippen LogP contribution in [0, 0.1) is 11.8 Å². The first-order chi connectivity index (χ1) is 6.53. The largest absolute Gasteiger partial charge is 0.469 e. The summed E-state index contributed by atoms with van der Waals surface area (Å²) in [6, 6.07) is 0. The fourth-order valence-electron chi connectivity index (χ4n) is 2.17. The molecule has 0 bridgehead atoms. The van der Waals surface area contributed by atoms with Crippen molar-refractivity contribution < 1.29 is 9.53 Å². The summed E-state index contributed by atoms with van der Waals surface area (Å²) in [6.45, 7) is 4.75. The monoisotopic (exact) mass is 217 g/mol. The van der Waals surface area contributed by atoms with E-state index in [2.05, 4.69) is 13.8 Å². The molecule has 82 valence electrons. The maximum Gasteiger partial charge on any atom is 0.310 e. The molecule has 1 heterocycles. The van der Waals surface area contributed by atoms with Gasteiger partial charge in [-0.2, -0.15) is 11.8 Å². The second-order valence-corrected chi connectivity index (χ2v) is 5.96. The lowest BCUT2D eigenvalue weighted by Gasteiger charge is -2.30. The predicted molar refractivity (Wildman–Crippen MR) is 59.2 cm³/mol. The summed E-state index contributed by atoms with van der Waals surface area (Å²) in [6.07, 6.45) is 1.06. The van der Waals surface area contributed by atoms with Gasteiger partial charge in [-0.05, 0) is 18.1 Å². The number of rotatable bonds is 3. The zero-order valence-corrected chi connectivity index (χ0v) is 9.89. The van der Waals surface area contributed by atoms with Gasteiger partial charge in [0.1, 0.15) is 0 Å². The molecular weight excluding hydrogens is 198 g/mol. The van der Waals surface area contributed by atoms with Gasteiger partial charge in [0.2, 0.25) is 0 Å². The van der Waals surface area contributed by atoms with Gasteiger partial charge >= 0.3 is 5.97 Å². The second-order valence-electron chi connectivity index (χ2n) is 4.21. The Kier molecular flexibility index (Phi) is 3.84. The van der Waals surface area contributed by atoms with Crippen LogP contribution in [0.5, 0.6) is 0 Å². The Labute approximate surface area is 89.8 Å². The normalized spacial score (nSPS) is 27.3. The van der Waals surface area contributed by atoms with Crippen molar-refractivity contribution in [2.45, 2.75) is 25.0 Å². The van der Waals surface area contributed by atoms with E-state index in [9.17, 15) is 4.79 Å². The molecule has 1 aliphatic heterocycles. The fraction of sp³-hybridized carbons (Fsp3) is 0.900. The Morgan fingerprint density at radius 2 is 2.36 bits per heavy atom. The zero-order chi connectivity index (χ0) is 10.8. The average molecular weight is 217 g/mol. The molecule has 1 rings (SSSR count). The van der Waals surface area contributed by atoms with E-state index >= 15 is 0 Å². The molecule has 0 spiro atoms. The Morgan fingerprint density at radius 3 is 2.71 bits per heavy atom. The number of hydrogen-bond donors (Lipinski definition) is 1. The number of esters is 1. The van der Waals surface area contributed by atoms with Crippen LogP contribution < -0.4 is 5.73 Å². The van der Waals surface area contributed by atoms with Gasteiger partial charge in [0.05, 0.1) is 13.0 Å². The van der Waals surface area contributed by atoms with Gasteiger partial charge in [0.15, 0.2) is 0 Å². The van der Waals surface area contributed by atoms with E-state index in [4.69, 9.17) is 10.5 Å². The second kappa shape index (κ2) is 4.53. The highest BCUT2D eigenvalue weighted by Gasteiger charge is 2.42. The van der Waals surface area contributed by atoms with E-state index in [-0.39, 0.29) is 16.6 Å². The molecule has 1 fully saturated rings. The van der Waals surface area contributed by atoms with Crippen LogP contribution in [0.4, 0.5) is 0 Å². The minimum Gasteiger partial charge on any atom is -0.469 e. The molecular formula is C10H19NO2S. The first kappa shape index (κ1) is 11.9. The molecule has 0 radical (unpaired) electrons. The molecule has 14 heavy (non-hydrogen) atoms. The van der Waals surface area contributed by atoms with Crippen molar-refractivity contribution in [3.8, 4) is 0 Å². The minimum atomic E-state index is -0.159. The lowest BCUT2D eigenvalue weighted by atomic mass is 9.81. The Hall–Kier alpha value is -0.220. The molecule has 4 heteroatoms. The van der Waals surface area contributed by atoms with Gasteiger partial charge in [-0.1, -0.05) is 13.8 Å². The van der Waals surface area contributed by atoms with Crippen molar-refractivity contribution in [1.29, 1.82) is 0 Å². The van der Waals surface area contributed by atoms with E-state index in [1.54, 1.807) is 0 Å². The maximum absolute atomic E-state index is 11.5. The molecule has 1 saturated heterocycles. The van der Waals surface area contributed by atoms with Crippen LogP contribution in [0.15, 0.2) is 0 Å². The van der Waals surface area contributed by atoms with Crippen LogP contribution in [-0.2, 0) is 9.53 Å². The number of nitrogens with two attached hydrogens (primary N) is 1. The van der Waals surface area contributed by atoms with Crippen molar-refractivity contribution in [3.63, 3.8) is 0 Å². The van der Waals surface area contributed by atoms with E-state index in [0.29, 0.717) is 12.5 Å². The number of methoxy groups -OCH3 is 1. The lowest BCUT2D eigenvalue weighted by molar-refractivity contribution is -0.147. The molecule has 0 aromatic rings. The third kappa shape index (κ3) is 2.23. The van der Waals surface area contributed by atoms with Gasteiger partial charge in [0.25, 0.3) is 0 Å². The van der Waals surface area contributed by atoms with Crippen LogP contribution in [0.3, 0.4) is 0 Å². The molecule has 2 N–H and O–H groups in total. The molecule has 0 aliphatic carbocycles. The highest BCUT2D eigenvalue weighted by molar-refractivity contribution is 8.00. The van der Waals surface area contributed by atoms with Crippen molar-refractivity contribution in [3.05, 3.63) is 0 Å². The number of carbonyl (C=O) groups excluding carboxylic acids is 1. The summed E-state index contributed by atoms with van der Waals surface area (Å²) in [5.74, 6) is 1.17. The maximum atomic E-state index is 11.5. The average Bonchev–Trinajstić information content (AvgIpc) is 2.47. The number of ether oxygens (including phenoxy) is 1. The van der Waals surface area contributed by atoms with Gasteiger partial charge in [-0.3, -0.25) is 4.79 Å². The molecule has 2 unspecified atom stereocenters. The Bertz CT molecular complexity index is 218. The van der Waals surface area contributed by atoms with E-state index < -0.39 is 0 Å². The highest BCUT2D eigenvalue weighted by atomic mass is 32.2. The molecule has 0 amide bonds. The van der Waals surface area contributed by atoms with Crippen molar-refractivity contribution in [2.24, 2.45) is 17.6 Å². The molecule has 0 saturated carbocycles. The number of carbonyl (C=O) groups is 1. The lowest BCUT2D eigenvalue weighted by Crippen LogP contribution is -2.39. The third-order valence-corrected chi connectivity index (χ3v) is 4.53. The van der Waals surface area contributed by atoms with Crippen molar-refractivity contribution in [2.75, 3.05) is 19.4 Å². The Balaban J connectivity index is 2.74. The molecule has 0 aromatic heterocycles. The molecule has 1 aliphatic rings. The van der Waals surface area contributed by atoms with E-state index in [1.165, 1.54) is 7.11 Å². The summed E-state index contributed by atoms with van der Waals surface area (Å²) in [5.41, 5.74) is 5.64. The molecule has 2 atom stereocenters. The third-order valence-electron chi connectivity index (χ3n) is 3.04. The van der Waals surface area contributed by atoms with Gasteiger partial charge in [0, 0.05) is 11.3 Å². The van der Waals surface area contributed by atoms with Crippen LogP contribution in [-0.4, -0.2) is 30.1 Å². The fourth-order valence-corrected chi connectivity index (χ4v) is 3.56. The summed E-state index contributed by atoms with van der Waals surface area (Å²) >= 11 is 1.92.